The van der Waals surface area contributed by atoms with E-state index in [2.05, 4.69) is 20.8 Å². The molecule has 0 saturated carbocycles. The van der Waals surface area contributed by atoms with Gasteiger partial charge in [-0.25, -0.2) is 4.79 Å². The molecular weight excluding hydrogens is 296 g/mol. The van der Waals surface area contributed by atoms with E-state index >= 15 is 0 Å². The van der Waals surface area contributed by atoms with Gasteiger partial charge in [0.1, 0.15) is 0 Å². The van der Waals surface area contributed by atoms with Crippen LogP contribution in [-0.4, -0.2) is 42.3 Å². The van der Waals surface area contributed by atoms with Crippen molar-refractivity contribution in [2.75, 3.05) is 25.0 Å². The average Bonchev–Trinajstić information content (AvgIpc) is 2.32. The van der Waals surface area contributed by atoms with Gasteiger partial charge in [0, 0.05) is 16.7 Å². The minimum atomic E-state index is -0.877. The molecular formula is C13H17BrN2O2. The lowest BCUT2D eigenvalue weighted by Crippen LogP contribution is -2.49. The molecule has 1 saturated heterocycles. The van der Waals surface area contributed by atoms with Gasteiger partial charge in [-0.1, -0.05) is 15.9 Å². The third-order valence-corrected chi connectivity index (χ3v) is 3.80. The van der Waals surface area contributed by atoms with E-state index in [1.165, 1.54) is 4.90 Å². The number of amides is 1. The molecule has 0 aromatic heterocycles. The van der Waals surface area contributed by atoms with Crippen LogP contribution in [-0.2, 0) is 0 Å². The van der Waals surface area contributed by atoms with Crippen molar-refractivity contribution in [1.82, 2.24) is 4.90 Å². The fourth-order valence-corrected chi connectivity index (χ4v) is 2.69. The smallest absolute Gasteiger partial charge is 0.412 e. The second-order valence-electron chi connectivity index (χ2n) is 4.69. The highest BCUT2D eigenvalue weighted by molar-refractivity contribution is 9.10. The Morgan fingerprint density at radius 1 is 1.44 bits per heavy atom. The molecule has 0 bridgehead atoms. The van der Waals surface area contributed by atoms with E-state index in [1.807, 2.05) is 31.3 Å². The van der Waals surface area contributed by atoms with E-state index in [-0.39, 0.29) is 6.04 Å². The van der Waals surface area contributed by atoms with Crippen LogP contribution < -0.4 is 4.90 Å². The predicted octanol–water partition coefficient (Wildman–Crippen LogP) is 3.03. The number of likely N-dealkylation sites (N-methyl/N-ethyl adjacent to an activating group) is 1. The zero-order chi connectivity index (χ0) is 13.1. The Hall–Kier alpha value is -1.07. The average molecular weight is 313 g/mol. The van der Waals surface area contributed by atoms with Gasteiger partial charge >= 0.3 is 6.09 Å². The first-order chi connectivity index (χ1) is 8.58. The van der Waals surface area contributed by atoms with Crippen LogP contribution in [0, 0.1) is 0 Å². The van der Waals surface area contributed by atoms with Crippen molar-refractivity contribution in [3.05, 3.63) is 28.7 Å². The molecule has 5 heteroatoms. The van der Waals surface area contributed by atoms with Crippen molar-refractivity contribution in [1.29, 1.82) is 0 Å². The van der Waals surface area contributed by atoms with E-state index in [4.69, 9.17) is 0 Å². The molecule has 0 unspecified atom stereocenters. The molecule has 4 nitrogen and oxygen atoms in total. The second-order valence-corrected chi connectivity index (χ2v) is 5.60. The molecule has 2 rings (SSSR count). The molecule has 1 aliphatic rings. The molecule has 1 atom stereocenters. The van der Waals surface area contributed by atoms with Gasteiger partial charge in [0.05, 0.1) is 6.04 Å². The summed E-state index contributed by atoms with van der Waals surface area (Å²) in [5.74, 6) is 0. The molecule has 0 spiro atoms. The van der Waals surface area contributed by atoms with Gasteiger partial charge in [0.15, 0.2) is 0 Å². The quantitative estimate of drug-likeness (QED) is 0.913. The van der Waals surface area contributed by atoms with Gasteiger partial charge in [-0.05, 0) is 50.7 Å². The molecule has 1 amide bonds. The maximum Gasteiger partial charge on any atom is 0.412 e. The van der Waals surface area contributed by atoms with E-state index in [1.54, 1.807) is 0 Å². The zero-order valence-corrected chi connectivity index (χ0v) is 11.9. The van der Waals surface area contributed by atoms with E-state index in [0.717, 1.165) is 36.1 Å². The summed E-state index contributed by atoms with van der Waals surface area (Å²) in [4.78, 5) is 15.2. The Labute approximate surface area is 115 Å². The molecule has 1 fully saturated rings. The zero-order valence-electron chi connectivity index (χ0n) is 10.3. The van der Waals surface area contributed by atoms with Crippen LogP contribution in [0.4, 0.5) is 10.5 Å². The summed E-state index contributed by atoms with van der Waals surface area (Å²) >= 11 is 3.36. The van der Waals surface area contributed by atoms with Crippen molar-refractivity contribution in [3.63, 3.8) is 0 Å². The number of carbonyl (C=O) groups is 1. The number of hydrogen-bond donors (Lipinski definition) is 1. The maximum absolute atomic E-state index is 11.5. The number of anilines is 1. The van der Waals surface area contributed by atoms with Crippen molar-refractivity contribution < 1.29 is 9.90 Å². The van der Waals surface area contributed by atoms with Crippen LogP contribution in [0.15, 0.2) is 28.7 Å². The van der Waals surface area contributed by atoms with Crippen molar-refractivity contribution >= 4 is 27.7 Å². The minimum absolute atomic E-state index is 0.0439. The summed E-state index contributed by atoms with van der Waals surface area (Å²) in [6, 6.07) is 7.47. The van der Waals surface area contributed by atoms with E-state index in [0.29, 0.717) is 0 Å². The van der Waals surface area contributed by atoms with Crippen LogP contribution in [0.1, 0.15) is 12.8 Å². The topological polar surface area (TPSA) is 43.8 Å². The summed E-state index contributed by atoms with van der Waals surface area (Å²) in [6.45, 7) is 1.84. The number of rotatable bonds is 2. The first-order valence-electron chi connectivity index (χ1n) is 6.04. The summed E-state index contributed by atoms with van der Waals surface area (Å²) in [7, 11) is 2.04. The van der Waals surface area contributed by atoms with Gasteiger partial charge in [-0.2, -0.15) is 0 Å². The highest BCUT2D eigenvalue weighted by atomic mass is 79.9. The number of benzene rings is 1. The lowest BCUT2D eigenvalue weighted by Gasteiger charge is -2.36. The fraction of sp³-hybridized carbons (Fsp3) is 0.462. The summed E-state index contributed by atoms with van der Waals surface area (Å²) < 4.78 is 0.956. The molecule has 0 aliphatic carbocycles. The summed E-state index contributed by atoms with van der Waals surface area (Å²) in [6.07, 6.45) is 1.09. The molecule has 0 radical (unpaired) electrons. The Kier molecular flexibility index (Phi) is 4.24. The molecule has 1 N–H and O–H groups in total. The standard InChI is InChI=1S/C13H17BrN2O2/c1-15-8-2-3-12(9-15)16(13(17)18)11-6-4-10(14)5-7-11/h4-7,12H,2-3,8-9H2,1H3,(H,17,18)/t12-/m1/s1. The number of nitrogens with zero attached hydrogens (tertiary/aromatic N) is 2. The number of likely N-dealkylation sites (tertiary alicyclic amines) is 1. The first kappa shape index (κ1) is 13.4. The van der Waals surface area contributed by atoms with Crippen LogP contribution >= 0.6 is 15.9 Å². The Bertz CT molecular complexity index is 422. The summed E-state index contributed by atoms with van der Waals surface area (Å²) in [5.41, 5.74) is 0.742. The van der Waals surface area contributed by atoms with Crippen LogP contribution in [0.2, 0.25) is 0 Å². The highest BCUT2D eigenvalue weighted by Crippen LogP contribution is 2.24. The highest BCUT2D eigenvalue weighted by Gasteiger charge is 2.28. The number of piperidine rings is 1. The third kappa shape index (κ3) is 3.03. The molecule has 1 aliphatic heterocycles. The predicted molar refractivity (Wildman–Crippen MR) is 75.2 cm³/mol. The van der Waals surface area contributed by atoms with Crippen LogP contribution in [0.25, 0.3) is 0 Å². The van der Waals surface area contributed by atoms with Crippen molar-refractivity contribution in [3.8, 4) is 0 Å². The Morgan fingerprint density at radius 3 is 2.67 bits per heavy atom. The molecule has 18 heavy (non-hydrogen) atoms. The van der Waals surface area contributed by atoms with E-state index in [9.17, 15) is 9.90 Å². The fourth-order valence-electron chi connectivity index (χ4n) is 2.43. The monoisotopic (exact) mass is 312 g/mol. The Balaban J connectivity index is 2.22. The van der Waals surface area contributed by atoms with Crippen molar-refractivity contribution in [2.24, 2.45) is 0 Å². The number of halogens is 1. The van der Waals surface area contributed by atoms with E-state index < -0.39 is 6.09 Å². The maximum atomic E-state index is 11.5. The Morgan fingerprint density at radius 2 is 2.11 bits per heavy atom. The molecule has 1 aromatic carbocycles. The largest absolute Gasteiger partial charge is 0.465 e. The normalized spacial score (nSPS) is 20.7. The van der Waals surface area contributed by atoms with Gasteiger partial charge in [0.25, 0.3) is 0 Å². The van der Waals surface area contributed by atoms with Gasteiger partial charge in [0.2, 0.25) is 0 Å². The van der Waals surface area contributed by atoms with Crippen LogP contribution in [0.3, 0.4) is 0 Å². The molecule has 1 aromatic rings. The third-order valence-electron chi connectivity index (χ3n) is 3.28. The minimum Gasteiger partial charge on any atom is -0.465 e. The van der Waals surface area contributed by atoms with Gasteiger partial charge in [-0.3, -0.25) is 4.90 Å². The second kappa shape index (κ2) is 5.71. The summed E-state index contributed by atoms with van der Waals surface area (Å²) in [5, 5.41) is 9.43. The molecule has 1 heterocycles. The lowest BCUT2D eigenvalue weighted by atomic mass is 10.0. The van der Waals surface area contributed by atoms with Gasteiger partial charge < -0.3 is 10.0 Å². The first-order valence-corrected chi connectivity index (χ1v) is 6.83. The molecule has 98 valence electrons. The SMILES string of the molecule is CN1CCC[C@@H](N(C(=O)O)c2ccc(Br)cc2)C1. The number of hydrogen-bond acceptors (Lipinski definition) is 2. The lowest BCUT2D eigenvalue weighted by molar-refractivity contribution is 0.188. The van der Waals surface area contributed by atoms with Crippen LogP contribution in [0.5, 0.6) is 0 Å². The number of carboxylic acid groups (broad SMARTS) is 1. The van der Waals surface area contributed by atoms with Crippen molar-refractivity contribution in [2.45, 2.75) is 18.9 Å². The van der Waals surface area contributed by atoms with Gasteiger partial charge in [-0.15, -0.1) is 0 Å².